The molecule has 1 fully saturated rings. The van der Waals surface area contributed by atoms with E-state index in [1.165, 1.54) is 13.2 Å². The van der Waals surface area contributed by atoms with E-state index in [4.69, 9.17) is 5.26 Å². The van der Waals surface area contributed by atoms with Crippen LogP contribution in [0, 0.1) is 17.4 Å². The number of likely N-dealkylation sites (N-methyl/N-ethyl adjacent to an activating group) is 1. The number of rotatable bonds is 6. The molecule has 2 amide bonds. The number of carbonyl (C=O) groups excluding carboxylic acids is 2. The zero-order valence-corrected chi connectivity index (χ0v) is 15.0. The van der Waals surface area contributed by atoms with Gasteiger partial charge in [-0.3, -0.25) is 14.5 Å². The predicted octanol–water partition coefficient (Wildman–Crippen LogP) is 1.77. The van der Waals surface area contributed by atoms with Crippen molar-refractivity contribution in [2.45, 2.75) is 39.2 Å². The summed E-state index contributed by atoms with van der Waals surface area (Å²) in [6.45, 7) is 5.91. The second-order valence-corrected chi connectivity index (χ2v) is 6.75. The minimum Gasteiger partial charge on any atom is -0.357 e. The van der Waals surface area contributed by atoms with Gasteiger partial charge in [-0.25, -0.2) is 4.98 Å². The van der Waals surface area contributed by atoms with Crippen molar-refractivity contribution in [2.75, 3.05) is 25.0 Å². The Labute approximate surface area is 148 Å². The molecule has 1 N–H and O–H groups in total. The first-order valence-corrected chi connectivity index (χ1v) is 8.61. The van der Waals surface area contributed by atoms with Crippen LogP contribution in [0.15, 0.2) is 18.3 Å². The van der Waals surface area contributed by atoms with Crippen LogP contribution in [0.4, 0.5) is 5.82 Å². The molecule has 134 valence electrons. The summed E-state index contributed by atoms with van der Waals surface area (Å²) in [6.07, 6.45) is 6.11. The topological polar surface area (TPSA) is 89.3 Å². The summed E-state index contributed by atoms with van der Waals surface area (Å²) < 4.78 is 0. The minimum absolute atomic E-state index is 0.206. The van der Waals surface area contributed by atoms with Crippen LogP contribution in [0.25, 0.3) is 0 Å². The molecule has 0 bridgehead atoms. The molecule has 1 saturated heterocycles. The summed E-state index contributed by atoms with van der Waals surface area (Å²) in [5.74, 6) is 0.307. The van der Waals surface area contributed by atoms with Crippen molar-refractivity contribution in [2.24, 2.45) is 5.92 Å². The van der Waals surface area contributed by atoms with E-state index in [0.717, 1.165) is 36.6 Å². The van der Waals surface area contributed by atoms with E-state index in [1.807, 2.05) is 19.9 Å². The van der Waals surface area contributed by atoms with Crippen LogP contribution in [0.5, 0.6) is 0 Å². The molecule has 1 aliphatic rings. The summed E-state index contributed by atoms with van der Waals surface area (Å²) in [6, 6.07) is 2.83. The molecule has 0 spiro atoms. The van der Waals surface area contributed by atoms with Crippen LogP contribution in [0.2, 0.25) is 0 Å². The van der Waals surface area contributed by atoms with Crippen molar-refractivity contribution in [3.05, 3.63) is 23.9 Å². The van der Waals surface area contributed by atoms with E-state index >= 15 is 0 Å². The van der Waals surface area contributed by atoms with E-state index in [-0.39, 0.29) is 11.8 Å². The average Bonchev–Trinajstić information content (AvgIpc) is 3.14. The number of pyridine rings is 1. The van der Waals surface area contributed by atoms with Crippen LogP contribution < -0.4 is 10.2 Å². The van der Waals surface area contributed by atoms with E-state index in [0.29, 0.717) is 12.0 Å². The van der Waals surface area contributed by atoms with Crippen molar-refractivity contribution in [3.63, 3.8) is 0 Å². The second kappa shape index (κ2) is 8.47. The lowest BCUT2D eigenvalue weighted by Crippen LogP contribution is -2.46. The summed E-state index contributed by atoms with van der Waals surface area (Å²) in [5.41, 5.74) is 0.407. The summed E-state index contributed by atoms with van der Waals surface area (Å²) >= 11 is 0. The van der Waals surface area contributed by atoms with Gasteiger partial charge < -0.3 is 10.2 Å². The molecule has 2 rings (SSSR count). The molecule has 1 aromatic rings. The Kier molecular flexibility index (Phi) is 6.34. The Morgan fingerprint density at radius 3 is 2.56 bits per heavy atom. The van der Waals surface area contributed by atoms with Gasteiger partial charge in [0.05, 0.1) is 5.56 Å². The van der Waals surface area contributed by atoms with Crippen molar-refractivity contribution in [3.8, 4) is 6.19 Å². The summed E-state index contributed by atoms with van der Waals surface area (Å²) in [7, 11) is 1.40. The molecule has 1 atom stereocenters. The van der Waals surface area contributed by atoms with E-state index in [2.05, 4.69) is 15.2 Å². The number of hydrogen-bond acceptors (Lipinski definition) is 5. The largest absolute Gasteiger partial charge is 0.357 e. The van der Waals surface area contributed by atoms with Crippen LogP contribution in [-0.4, -0.2) is 47.9 Å². The Morgan fingerprint density at radius 1 is 1.36 bits per heavy atom. The maximum absolute atomic E-state index is 12.5. The molecule has 0 saturated carbocycles. The molecular weight excluding hydrogens is 318 g/mol. The summed E-state index contributed by atoms with van der Waals surface area (Å²) in [4.78, 5) is 32.2. The molecule has 0 unspecified atom stereocenters. The third-order valence-corrected chi connectivity index (χ3v) is 4.23. The van der Waals surface area contributed by atoms with Gasteiger partial charge >= 0.3 is 0 Å². The highest BCUT2D eigenvalue weighted by Gasteiger charge is 2.25. The van der Waals surface area contributed by atoms with Gasteiger partial charge in [0.25, 0.3) is 11.8 Å². The minimum atomic E-state index is -0.726. The number of anilines is 1. The highest BCUT2D eigenvalue weighted by Crippen LogP contribution is 2.17. The van der Waals surface area contributed by atoms with Crippen molar-refractivity contribution >= 4 is 17.6 Å². The SMILES string of the molecule is CC(C)C[C@H](NC(=O)c1ccc(N2CCCC2)nc1)C(=O)N(C)C#N. The molecular formula is C18H25N5O2. The first-order valence-electron chi connectivity index (χ1n) is 8.61. The normalized spacial score (nSPS) is 14.9. The van der Waals surface area contributed by atoms with Gasteiger partial charge in [-0.1, -0.05) is 13.8 Å². The van der Waals surface area contributed by atoms with Crippen LogP contribution in [0.3, 0.4) is 0 Å². The fourth-order valence-electron chi connectivity index (χ4n) is 2.87. The fraction of sp³-hybridized carbons (Fsp3) is 0.556. The second-order valence-electron chi connectivity index (χ2n) is 6.75. The molecule has 0 radical (unpaired) electrons. The quantitative estimate of drug-likeness (QED) is 0.628. The molecule has 25 heavy (non-hydrogen) atoms. The molecule has 1 aromatic heterocycles. The molecule has 7 heteroatoms. The zero-order valence-electron chi connectivity index (χ0n) is 15.0. The lowest BCUT2D eigenvalue weighted by Gasteiger charge is -2.22. The van der Waals surface area contributed by atoms with Crippen LogP contribution in [0.1, 0.15) is 43.5 Å². The molecule has 1 aliphatic heterocycles. The van der Waals surface area contributed by atoms with Crippen molar-refractivity contribution < 1.29 is 9.59 Å². The average molecular weight is 343 g/mol. The van der Waals surface area contributed by atoms with Gasteiger partial charge in [0.2, 0.25) is 0 Å². The molecule has 0 aromatic carbocycles. The highest BCUT2D eigenvalue weighted by atomic mass is 16.2. The van der Waals surface area contributed by atoms with Gasteiger partial charge in [-0.15, -0.1) is 0 Å². The Bertz CT molecular complexity index is 644. The zero-order chi connectivity index (χ0) is 18.4. The molecule has 0 aliphatic carbocycles. The van der Waals surface area contributed by atoms with Gasteiger partial charge in [0.1, 0.15) is 11.9 Å². The van der Waals surface area contributed by atoms with E-state index in [1.54, 1.807) is 12.3 Å². The van der Waals surface area contributed by atoms with Gasteiger partial charge in [0, 0.05) is 26.3 Å². The number of hydrogen-bond donors (Lipinski definition) is 1. The number of carbonyl (C=O) groups is 2. The number of nitriles is 1. The van der Waals surface area contributed by atoms with Gasteiger partial charge in [-0.05, 0) is 37.3 Å². The Morgan fingerprint density at radius 2 is 2.04 bits per heavy atom. The smallest absolute Gasteiger partial charge is 0.257 e. The highest BCUT2D eigenvalue weighted by molar-refractivity contribution is 5.97. The Balaban J connectivity index is 2.06. The maximum Gasteiger partial charge on any atom is 0.257 e. The third kappa shape index (κ3) is 4.92. The molecule has 2 heterocycles. The first kappa shape index (κ1) is 18.7. The standard InChI is InChI=1S/C18H25N5O2/c1-13(2)10-15(18(25)22(3)12-19)21-17(24)14-6-7-16(20-11-14)23-8-4-5-9-23/h6-7,11,13,15H,4-5,8-10H2,1-3H3,(H,21,24)/t15-/m0/s1. The molecule has 7 nitrogen and oxygen atoms in total. The van der Waals surface area contributed by atoms with Crippen molar-refractivity contribution in [1.29, 1.82) is 5.26 Å². The maximum atomic E-state index is 12.5. The van der Waals surface area contributed by atoms with Crippen molar-refractivity contribution in [1.82, 2.24) is 15.2 Å². The fourth-order valence-corrected chi connectivity index (χ4v) is 2.87. The van der Waals surface area contributed by atoms with E-state index in [9.17, 15) is 9.59 Å². The van der Waals surface area contributed by atoms with E-state index < -0.39 is 11.9 Å². The van der Waals surface area contributed by atoms with Gasteiger partial charge in [0.15, 0.2) is 6.19 Å². The number of amides is 2. The monoisotopic (exact) mass is 343 g/mol. The lowest BCUT2D eigenvalue weighted by atomic mass is 10.0. The summed E-state index contributed by atoms with van der Waals surface area (Å²) in [5, 5.41) is 11.6. The number of nitrogens with one attached hydrogen (secondary N) is 1. The Hall–Kier alpha value is -2.62. The van der Waals surface area contributed by atoms with Crippen LogP contribution >= 0.6 is 0 Å². The lowest BCUT2D eigenvalue weighted by molar-refractivity contribution is -0.129. The number of nitrogens with zero attached hydrogens (tertiary/aromatic N) is 4. The predicted molar refractivity (Wildman–Crippen MR) is 94.8 cm³/mol. The first-order chi connectivity index (χ1) is 11.9. The van der Waals surface area contributed by atoms with Crippen LogP contribution in [-0.2, 0) is 4.79 Å². The number of aromatic nitrogens is 1. The van der Waals surface area contributed by atoms with Gasteiger partial charge in [-0.2, -0.15) is 5.26 Å². The third-order valence-electron chi connectivity index (χ3n) is 4.23.